The van der Waals surface area contributed by atoms with E-state index in [1.807, 2.05) is 47.2 Å². The highest BCUT2D eigenvalue weighted by molar-refractivity contribution is 5.44. The molecule has 0 amide bonds. The highest BCUT2D eigenvalue weighted by Crippen LogP contribution is 2.36. The molecule has 3 aromatic rings. The summed E-state index contributed by atoms with van der Waals surface area (Å²) in [6.07, 6.45) is 1.96. The van der Waals surface area contributed by atoms with E-state index in [-0.39, 0.29) is 6.04 Å². The smallest absolute Gasteiger partial charge is 0.173 e. The van der Waals surface area contributed by atoms with Crippen molar-refractivity contribution < 1.29 is 9.47 Å². The van der Waals surface area contributed by atoms with Gasteiger partial charge < -0.3 is 9.47 Å². The van der Waals surface area contributed by atoms with Crippen LogP contribution in [0.5, 0.6) is 11.5 Å². The Labute approximate surface area is 189 Å². The zero-order valence-electron chi connectivity index (χ0n) is 18.7. The molecule has 8 heteroatoms. The van der Waals surface area contributed by atoms with Crippen molar-refractivity contribution in [3.8, 4) is 11.5 Å². The third kappa shape index (κ3) is 4.81. The number of hydrogen-bond acceptors (Lipinski definition) is 7. The van der Waals surface area contributed by atoms with Crippen molar-refractivity contribution in [2.45, 2.75) is 12.6 Å². The molecule has 2 heterocycles. The van der Waals surface area contributed by atoms with Gasteiger partial charge in [0.2, 0.25) is 0 Å². The molecular weight excluding hydrogens is 404 g/mol. The van der Waals surface area contributed by atoms with Gasteiger partial charge in [0.05, 0.1) is 20.8 Å². The third-order valence-corrected chi connectivity index (χ3v) is 5.87. The Morgan fingerprint density at radius 2 is 1.81 bits per heavy atom. The monoisotopic (exact) mass is 434 g/mol. The first kappa shape index (κ1) is 22.0. The number of rotatable bonds is 9. The molecule has 1 fully saturated rings. The Hall–Kier alpha value is -3.23. The van der Waals surface area contributed by atoms with Gasteiger partial charge in [-0.1, -0.05) is 36.4 Å². The van der Waals surface area contributed by atoms with Crippen LogP contribution in [0.25, 0.3) is 0 Å². The lowest BCUT2D eigenvalue weighted by Gasteiger charge is -2.39. The zero-order valence-corrected chi connectivity index (χ0v) is 18.7. The predicted octanol–water partition coefficient (Wildman–Crippen LogP) is 2.63. The number of tetrazole rings is 1. The molecule has 1 aliphatic rings. The van der Waals surface area contributed by atoms with Gasteiger partial charge >= 0.3 is 0 Å². The summed E-state index contributed by atoms with van der Waals surface area (Å²) in [5, 5.41) is 12.9. The molecule has 0 radical (unpaired) electrons. The molecule has 0 spiro atoms. The van der Waals surface area contributed by atoms with Gasteiger partial charge in [0.15, 0.2) is 5.82 Å². The van der Waals surface area contributed by atoms with Gasteiger partial charge in [-0.3, -0.25) is 9.80 Å². The predicted molar refractivity (Wildman–Crippen MR) is 123 cm³/mol. The quantitative estimate of drug-likeness (QED) is 0.480. The van der Waals surface area contributed by atoms with E-state index in [0.29, 0.717) is 6.54 Å². The summed E-state index contributed by atoms with van der Waals surface area (Å²) >= 11 is 0. The maximum absolute atomic E-state index is 5.75. The molecule has 32 heavy (non-hydrogen) atoms. The average Bonchev–Trinajstić information content (AvgIpc) is 3.28. The van der Waals surface area contributed by atoms with E-state index in [1.165, 1.54) is 0 Å². The van der Waals surface area contributed by atoms with E-state index < -0.39 is 0 Å². The van der Waals surface area contributed by atoms with Crippen molar-refractivity contribution in [3.63, 3.8) is 0 Å². The van der Waals surface area contributed by atoms with Gasteiger partial charge in [0.1, 0.15) is 17.5 Å². The molecule has 0 bridgehead atoms. The van der Waals surface area contributed by atoms with Crippen molar-refractivity contribution in [2.24, 2.45) is 0 Å². The van der Waals surface area contributed by atoms with E-state index in [1.54, 1.807) is 14.2 Å². The summed E-state index contributed by atoms with van der Waals surface area (Å²) in [4.78, 5) is 4.82. The second kappa shape index (κ2) is 10.4. The van der Waals surface area contributed by atoms with Crippen LogP contribution < -0.4 is 9.47 Å². The molecule has 0 aliphatic carbocycles. The number of piperazine rings is 1. The first-order chi connectivity index (χ1) is 15.7. The second-order valence-electron chi connectivity index (χ2n) is 7.82. The Morgan fingerprint density at radius 3 is 2.50 bits per heavy atom. The van der Waals surface area contributed by atoms with Crippen molar-refractivity contribution in [1.82, 2.24) is 30.0 Å². The highest BCUT2D eigenvalue weighted by atomic mass is 16.5. The SMILES string of the molecule is C=CCN1CCN([C@@H](c2cc(OC)ccc2OC)c2nnnn2Cc2ccccc2)CC1. The van der Waals surface area contributed by atoms with Crippen LogP contribution in [0, 0.1) is 0 Å². The number of nitrogens with zero attached hydrogens (tertiary/aromatic N) is 6. The lowest BCUT2D eigenvalue weighted by molar-refractivity contribution is 0.111. The van der Waals surface area contributed by atoms with Crippen LogP contribution in [0.2, 0.25) is 0 Å². The van der Waals surface area contributed by atoms with Crippen LogP contribution in [0.3, 0.4) is 0 Å². The minimum absolute atomic E-state index is 0.162. The van der Waals surface area contributed by atoms with E-state index in [0.717, 1.165) is 61.2 Å². The Bertz CT molecular complexity index is 1010. The van der Waals surface area contributed by atoms with Gasteiger partial charge in [-0.2, -0.15) is 0 Å². The van der Waals surface area contributed by atoms with Crippen LogP contribution in [0.15, 0.2) is 61.2 Å². The minimum Gasteiger partial charge on any atom is -0.497 e. The molecule has 2 aromatic carbocycles. The standard InChI is InChI=1S/C24H30N6O2/c1-4-12-28-13-15-29(16-14-28)23(21-17-20(31-2)10-11-22(21)32-3)24-25-26-27-30(24)18-19-8-6-5-7-9-19/h4-11,17,23H,1,12-16,18H2,2-3H3/t23-/m0/s1. The van der Waals surface area contributed by atoms with E-state index >= 15 is 0 Å². The van der Waals surface area contributed by atoms with Gasteiger partial charge in [-0.15, -0.1) is 11.7 Å². The zero-order chi connectivity index (χ0) is 22.3. The number of hydrogen-bond donors (Lipinski definition) is 0. The molecule has 0 saturated carbocycles. The summed E-state index contributed by atoms with van der Waals surface area (Å²) < 4.78 is 13.2. The largest absolute Gasteiger partial charge is 0.497 e. The fourth-order valence-electron chi connectivity index (χ4n) is 4.22. The van der Waals surface area contributed by atoms with Crippen molar-refractivity contribution in [1.29, 1.82) is 0 Å². The first-order valence-corrected chi connectivity index (χ1v) is 10.8. The molecule has 0 N–H and O–H groups in total. The lowest BCUT2D eigenvalue weighted by atomic mass is 10.0. The Kier molecular flexibility index (Phi) is 7.14. The maximum Gasteiger partial charge on any atom is 0.173 e. The molecule has 1 aromatic heterocycles. The van der Waals surface area contributed by atoms with E-state index in [9.17, 15) is 0 Å². The summed E-state index contributed by atoms with van der Waals surface area (Å²) in [7, 11) is 3.37. The Morgan fingerprint density at radius 1 is 1.03 bits per heavy atom. The number of aromatic nitrogens is 4. The fraction of sp³-hybridized carbons (Fsp3) is 0.375. The highest BCUT2D eigenvalue weighted by Gasteiger charge is 2.32. The normalized spacial score (nSPS) is 15.9. The molecule has 0 unspecified atom stereocenters. The molecule has 168 valence electrons. The van der Waals surface area contributed by atoms with Gasteiger partial charge in [0.25, 0.3) is 0 Å². The molecule has 8 nitrogen and oxygen atoms in total. The topological polar surface area (TPSA) is 68.5 Å². The average molecular weight is 435 g/mol. The van der Waals surface area contributed by atoms with Crippen molar-refractivity contribution >= 4 is 0 Å². The number of ether oxygens (including phenoxy) is 2. The number of benzene rings is 2. The van der Waals surface area contributed by atoms with Crippen LogP contribution in [0.1, 0.15) is 23.0 Å². The molecule has 1 aliphatic heterocycles. The Balaban J connectivity index is 1.73. The van der Waals surface area contributed by atoms with Crippen LogP contribution in [0.4, 0.5) is 0 Å². The summed E-state index contributed by atoms with van der Waals surface area (Å²) in [6.45, 7) is 9.05. The molecular formula is C24H30N6O2. The molecule has 4 rings (SSSR count). The van der Waals surface area contributed by atoms with Crippen LogP contribution in [-0.2, 0) is 6.54 Å². The molecule has 1 saturated heterocycles. The second-order valence-corrected chi connectivity index (χ2v) is 7.82. The summed E-state index contributed by atoms with van der Waals surface area (Å²) in [5.74, 6) is 2.36. The van der Waals surface area contributed by atoms with Crippen LogP contribution in [-0.4, -0.2) is 77.0 Å². The minimum atomic E-state index is -0.162. The van der Waals surface area contributed by atoms with Crippen molar-refractivity contribution in [3.05, 3.63) is 78.1 Å². The van der Waals surface area contributed by atoms with Gasteiger partial charge in [-0.25, -0.2) is 4.68 Å². The summed E-state index contributed by atoms with van der Waals surface area (Å²) in [6, 6.07) is 16.0. The van der Waals surface area contributed by atoms with Crippen molar-refractivity contribution in [2.75, 3.05) is 46.9 Å². The fourth-order valence-corrected chi connectivity index (χ4v) is 4.22. The van der Waals surface area contributed by atoms with Gasteiger partial charge in [-0.05, 0) is 34.2 Å². The van der Waals surface area contributed by atoms with E-state index in [2.05, 4.69) is 44.0 Å². The maximum atomic E-state index is 5.75. The third-order valence-electron chi connectivity index (χ3n) is 5.87. The van der Waals surface area contributed by atoms with Crippen LogP contribution >= 0.6 is 0 Å². The molecule has 1 atom stereocenters. The lowest BCUT2D eigenvalue weighted by Crippen LogP contribution is -2.48. The van der Waals surface area contributed by atoms with E-state index in [4.69, 9.17) is 9.47 Å². The summed E-state index contributed by atoms with van der Waals surface area (Å²) in [5.41, 5.74) is 2.14. The number of methoxy groups -OCH3 is 2. The first-order valence-electron chi connectivity index (χ1n) is 10.8. The van der Waals surface area contributed by atoms with Gasteiger partial charge in [0, 0.05) is 38.3 Å².